The SMILES string of the molecule is C=COCCONC(=O)c1c(Nc2ccc(SC)cc2F)c2cnccc2n1C1CC1. The molecule has 0 unspecified atom stereocenters. The van der Waals surface area contributed by atoms with Gasteiger partial charge in [0.25, 0.3) is 5.91 Å². The van der Waals surface area contributed by atoms with Crippen molar-refractivity contribution in [3.05, 3.63) is 61.0 Å². The Labute approximate surface area is 183 Å². The summed E-state index contributed by atoms with van der Waals surface area (Å²) in [4.78, 5) is 23.4. The lowest BCUT2D eigenvalue weighted by molar-refractivity contribution is 0.0139. The summed E-state index contributed by atoms with van der Waals surface area (Å²) in [5, 5.41) is 3.87. The van der Waals surface area contributed by atoms with Gasteiger partial charge in [0.2, 0.25) is 0 Å². The van der Waals surface area contributed by atoms with Gasteiger partial charge in [0, 0.05) is 28.7 Å². The molecular weight excluding hydrogens is 419 g/mol. The number of thioether (sulfide) groups is 1. The summed E-state index contributed by atoms with van der Waals surface area (Å²) in [6, 6.07) is 7.03. The molecule has 1 fully saturated rings. The number of halogens is 1. The summed E-state index contributed by atoms with van der Waals surface area (Å²) >= 11 is 1.46. The molecule has 1 amide bonds. The van der Waals surface area contributed by atoms with Gasteiger partial charge in [-0.2, -0.15) is 0 Å². The fraction of sp³-hybridized carbons (Fsp3) is 0.273. The molecule has 4 rings (SSSR count). The Morgan fingerprint density at radius 2 is 2.23 bits per heavy atom. The highest BCUT2D eigenvalue weighted by atomic mass is 32.2. The molecule has 2 N–H and O–H groups in total. The van der Waals surface area contributed by atoms with Gasteiger partial charge in [0.1, 0.15) is 24.7 Å². The van der Waals surface area contributed by atoms with Gasteiger partial charge in [-0.05, 0) is 43.4 Å². The minimum absolute atomic E-state index is 0.163. The summed E-state index contributed by atoms with van der Waals surface area (Å²) in [7, 11) is 0. The third-order valence-electron chi connectivity index (χ3n) is 4.95. The molecule has 7 nitrogen and oxygen atoms in total. The Bertz CT molecular complexity index is 1110. The summed E-state index contributed by atoms with van der Waals surface area (Å²) in [6.45, 7) is 3.88. The lowest BCUT2D eigenvalue weighted by atomic mass is 10.2. The number of carbonyl (C=O) groups excluding carboxylic acids is 1. The predicted octanol–water partition coefficient (Wildman–Crippen LogP) is 4.80. The van der Waals surface area contributed by atoms with Crippen LogP contribution in [0, 0.1) is 5.82 Å². The second-order valence-electron chi connectivity index (χ2n) is 7.01. The summed E-state index contributed by atoms with van der Waals surface area (Å²) in [6.07, 6.45) is 8.50. The fourth-order valence-corrected chi connectivity index (χ4v) is 3.84. The second-order valence-corrected chi connectivity index (χ2v) is 7.89. The van der Waals surface area contributed by atoms with Crippen LogP contribution in [-0.4, -0.2) is 34.9 Å². The third-order valence-corrected chi connectivity index (χ3v) is 5.68. The molecule has 1 saturated carbocycles. The largest absolute Gasteiger partial charge is 0.499 e. The van der Waals surface area contributed by atoms with E-state index in [1.165, 1.54) is 24.1 Å². The lowest BCUT2D eigenvalue weighted by Gasteiger charge is -2.13. The number of hydrogen-bond donors (Lipinski definition) is 2. The first-order valence-corrected chi connectivity index (χ1v) is 11.1. The van der Waals surface area contributed by atoms with Crippen molar-refractivity contribution >= 4 is 39.9 Å². The van der Waals surface area contributed by atoms with Crippen LogP contribution in [0.4, 0.5) is 15.8 Å². The van der Waals surface area contributed by atoms with Crippen molar-refractivity contribution in [2.75, 3.05) is 24.8 Å². The van der Waals surface area contributed by atoms with E-state index in [2.05, 4.69) is 22.4 Å². The third kappa shape index (κ3) is 4.52. The Morgan fingerprint density at radius 1 is 1.39 bits per heavy atom. The smallest absolute Gasteiger partial charge is 0.293 e. The van der Waals surface area contributed by atoms with Gasteiger partial charge in [-0.1, -0.05) is 6.58 Å². The number of ether oxygens (including phenoxy) is 1. The number of carbonyl (C=O) groups is 1. The Hall–Kier alpha value is -3.04. The molecule has 31 heavy (non-hydrogen) atoms. The number of nitrogens with one attached hydrogen (secondary N) is 2. The molecule has 0 bridgehead atoms. The molecule has 0 saturated heterocycles. The summed E-state index contributed by atoms with van der Waals surface area (Å²) in [5.41, 5.74) is 4.49. The number of hydroxylamine groups is 1. The molecule has 3 aromatic rings. The van der Waals surface area contributed by atoms with Crippen LogP contribution in [0.2, 0.25) is 0 Å². The van der Waals surface area contributed by atoms with Gasteiger partial charge in [0.15, 0.2) is 0 Å². The number of benzene rings is 1. The molecule has 1 aliphatic carbocycles. The van der Waals surface area contributed by atoms with Gasteiger partial charge < -0.3 is 14.6 Å². The van der Waals surface area contributed by atoms with E-state index in [1.807, 2.05) is 23.0 Å². The molecule has 0 aliphatic heterocycles. The monoisotopic (exact) mass is 442 g/mol. The topological polar surface area (TPSA) is 77.4 Å². The van der Waals surface area contributed by atoms with Crippen LogP contribution in [0.1, 0.15) is 29.4 Å². The van der Waals surface area contributed by atoms with Crippen LogP contribution >= 0.6 is 11.8 Å². The standard InChI is InChI=1S/C22H23FN4O3S/c1-3-29-10-11-30-26-22(28)21-20(25-18-7-6-15(31-2)12-17(18)23)16-13-24-9-8-19(16)27(21)14-4-5-14/h3,6-9,12-14,25H,1,4-5,10-11H2,2H3,(H,26,28). The van der Waals surface area contributed by atoms with Gasteiger partial charge in [-0.15, -0.1) is 11.8 Å². The highest BCUT2D eigenvalue weighted by Gasteiger charge is 2.33. The van der Waals surface area contributed by atoms with E-state index in [4.69, 9.17) is 9.57 Å². The first-order valence-electron chi connectivity index (χ1n) is 9.87. The van der Waals surface area contributed by atoms with E-state index in [9.17, 15) is 9.18 Å². The van der Waals surface area contributed by atoms with Gasteiger partial charge in [-0.25, -0.2) is 9.87 Å². The fourth-order valence-electron chi connectivity index (χ4n) is 3.42. The highest BCUT2D eigenvalue weighted by molar-refractivity contribution is 7.98. The average Bonchev–Trinajstić information content (AvgIpc) is 3.57. The van der Waals surface area contributed by atoms with Gasteiger partial charge in [-0.3, -0.25) is 14.6 Å². The van der Waals surface area contributed by atoms with Gasteiger partial charge >= 0.3 is 0 Å². The Morgan fingerprint density at radius 3 is 2.94 bits per heavy atom. The van der Waals surface area contributed by atoms with Gasteiger partial charge in [0.05, 0.1) is 23.2 Å². The average molecular weight is 443 g/mol. The normalized spacial score (nSPS) is 13.2. The van der Waals surface area contributed by atoms with Crippen LogP contribution in [0.5, 0.6) is 0 Å². The molecule has 2 heterocycles. The van der Waals surface area contributed by atoms with Crippen LogP contribution in [0.3, 0.4) is 0 Å². The minimum atomic E-state index is -0.426. The van der Waals surface area contributed by atoms with Crippen molar-refractivity contribution < 1.29 is 18.8 Å². The van der Waals surface area contributed by atoms with Crippen molar-refractivity contribution in [2.45, 2.75) is 23.8 Å². The first kappa shape index (κ1) is 21.2. The predicted molar refractivity (Wildman–Crippen MR) is 119 cm³/mol. The molecule has 162 valence electrons. The molecule has 0 spiro atoms. The lowest BCUT2D eigenvalue weighted by Crippen LogP contribution is -2.28. The molecule has 1 aliphatic rings. The number of aromatic nitrogens is 2. The van der Waals surface area contributed by atoms with E-state index in [0.717, 1.165) is 28.6 Å². The molecule has 1 aromatic carbocycles. The van der Waals surface area contributed by atoms with Crippen LogP contribution in [0.25, 0.3) is 10.9 Å². The number of pyridine rings is 1. The number of hydrogen-bond acceptors (Lipinski definition) is 6. The van der Waals surface area contributed by atoms with E-state index in [1.54, 1.807) is 18.5 Å². The molecule has 0 radical (unpaired) electrons. The van der Waals surface area contributed by atoms with Crippen LogP contribution < -0.4 is 10.8 Å². The van der Waals surface area contributed by atoms with Crippen molar-refractivity contribution in [3.63, 3.8) is 0 Å². The maximum Gasteiger partial charge on any atom is 0.293 e. The highest BCUT2D eigenvalue weighted by Crippen LogP contribution is 2.44. The van der Waals surface area contributed by atoms with E-state index < -0.39 is 11.7 Å². The summed E-state index contributed by atoms with van der Waals surface area (Å²) < 4.78 is 21.7. The van der Waals surface area contributed by atoms with Crippen LogP contribution in [-0.2, 0) is 9.57 Å². The van der Waals surface area contributed by atoms with Crippen molar-refractivity contribution in [2.24, 2.45) is 0 Å². The number of rotatable bonds is 10. The van der Waals surface area contributed by atoms with E-state index >= 15 is 0 Å². The summed E-state index contributed by atoms with van der Waals surface area (Å²) in [5.74, 6) is -0.822. The van der Waals surface area contributed by atoms with Crippen molar-refractivity contribution in [1.29, 1.82) is 0 Å². The first-order chi connectivity index (χ1) is 15.1. The molecule has 9 heteroatoms. The van der Waals surface area contributed by atoms with Crippen molar-refractivity contribution in [1.82, 2.24) is 15.0 Å². The zero-order valence-electron chi connectivity index (χ0n) is 17.1. The zero-order chi connectivity index (χ0) is 21.8. The maximum atomic E-state index is 14.7. The number of amides is 1. The number of anilines is 2. The Balaban J connectivity index is 1.72. The number of nitrogens with zero attached hydrogens (tertiary/aromatic N) is 2. The van der Waals surface area contributed by atoms with E-state index in [0.29, 0.717) is 11.4 Å². The minimum Gasteiger partial charge on any atom is -0.499 e. The Kier molecular flexibility index (Phi) is 6.43. The molecule has 0 atom stereocenters. The van der Waals surface area contributed by atoms with Crippen LogP contribution in [0.15, 0.2) is 54.4 Å². The zero-order valence-corrected chi connectivity index (χ0v) is 17.9. The molecular formula is C22H23FN4O3S. The molecule has 2 aromatic heterocycles. The maximum absolute atomic E-state index is 14.7. The number of fused-ring (bicyclic) bond motifs is 1. The quantitative estimate of drug-likeness (QED) is 0.203. The van der Waals surface area contributed by atoms with Crippen molar-refractivity contribution in [3.8, 4) is 0 Å². The van der Waals surface area contributed by atoms with E-state index in [-0.39, 0.29) is 24.9 Å². The second kappa shape index (κ2) is 9.40.